The van der Waals surface area contributed by atoms with Crippen molar-refractivity contribution in [1.82, 2.24) is 19.5 Å². The standard InChI is InChI=1S/C16H15N5O2/c1-16(4-5-16)21-12(9-3-2-6-18-7-9)10(15(22)23)11-13(17)19-8-20-14(11)21/h2-3,6-8H,4-5H2,1H3,(H,22,23)(H2,17,19,20). The number of aromatic nitrogens is 4. The first kappa shape index (κ1) is 13.7. The first-order valence-electron chi connectivity index (χ1n) is 7.32. The van der Waals surface area contributed by atoms with Crippen LogP contribution in [0.15, 0.2) is 30.9 Å². The van der Waals surface area contributed by atoms with E-state index in [1.807, 2.05) is 10.6 Å². The SMILES string of the molecule is CC1(n2c(-c3cccnc3)c(C(=O)O)c3c(N)ncnc32)CC1. The number of nitrogen functional groups attached to an aromatic ring is 1. The van der Waals surface area contributed by atoms with Crippen LogP contribution in [-0.4, -0.2) is 30.6 Å². The van der Waals surface area contributed by atoms with E-state index in [2.05, 4.69) is 21.9 Å². The van der Waals surface area contributed by atoms with Crippen molar-refractivity contribution >= 4 is 22.8 Å². The number of pyridine rings is 1. The molecule has 0 aliphatic heterocycles. The molecule has 7 heteroatoms. The van der Waals surface area contributed by atoms with Crippen molar-refractivity contribution in [2.24, 2.45) is 0 Å². The van der Waals surface area contributed by atoms with Crippen LogP contribution in [0.5, 0.6) is 0 Å². The molecule has 4 rings (SSSR count). The molecule has 3 N–H and O–H groups in total. The van der Waals surface area contributed by atoms with Gasteiger partial charge in [0, 0.05) is 23.5 Å². The van der Waals surface area contributed by atoms with Gasteiger partial charge in [-0.25, -0.2) is 14.8 Å². The van der Waals surface area contributed by atoms with Crippen LogP contribution in [0, 0.1) is 0 Å². The van der Waals surface area contributed by atoms with E-state index in [0.29, 0.717) is 16.7 Å². The van der Waals surface area contributed by atoms with Gasteiger partial charge in [0.25, 0.3) is 0 Å². The zero-order valence-corrected chi connectivity index (χ0v) is 12.5. The van der Waals surface area contributed by atoms with Crippen molar-refractivity contribution in [3.05, 3.63) is 36.4 Å². The van der Waals surface area contributed by atoms with E-state index in [1.165, 1.54) is 6.33 Å². The Kier molecular flexibility index (Phi) is 2.69. The second-order valence-electron chi connectivity index (χ2n) is 6.06. The molecular weight excluding hydrogens is 294 g/mol. The molecule has 7 nitrogen and oxygen atoms in total. The molecule has 0 aromatic carbocycles. The van der Waals surface area contributed by atoms with E-state index in [-0.39, 0.29) is 16.9 Å². The normalized spacial score (nSPS) is 15.7. The van der Waals surface area contributed by atoms with Crippen molar-refractivity contribution in [2.75, 3.05) is 5.73 Å². The summed E-state index contributed by atoms with van der Waals surface area (Å²) >= 11 is 0. The van der Waals surface area contributed by atoms with Crippen LogP contribution in [0.2, 0.25) is 0 Å². The molecule has 23 heavy (non-hydrogen) atoms. The summed E-state index contributed by atoms with van der Waals surface area (Å²) in [6, 6.07) is 3.63. The minimum Gasteiger partial charge on any atom is -0.478 e. The highest BCUT2D eigenvalue weighted by molar-refractivity contribution is 6.12. The van der Waals surface area contributed by atoms with Gasteiger partial charge in [-0.1, -0.05) is 0 Å². The molecule has 3 aromatic heterocycles. The van der Waals surface area contributed by atoms with E-state index < -0.39 is 5.97 Å². The Labute approximate surface area is 131 Å². The molecule has 3 heterocycles. The van der Waals surface area contributed by atoms with E-state index in [1.54, 1.807) is 18.5 Å². The average Bonchev–Trinajstić information content (AvgIpc) is 3.16. The van der Waals surface area contributed by atoms with Crippen molar-refractivity contribution < 1.29 is 9.90 Å². The maximum atomic E-state index is 12.0. The van der Waals surface area contributed by atoms with Crippen LogP contribution in [0.25, 0.3) is 22.3 Å². The summed E-state index contributed by atoms with van der Waals surface area (Å²) in [6.07, 6.45) is 6.62. The van der Waals surface area contributed by atoms with Gasteiger partial charge in [0.1, 0.15) is 17.8 Å². The summed E-state index contributed by atoms with van der Waals surface area (Å²) in [4.78, 5) is 24.4. The molecule has 116 valence electrons. The first-order chi connectivity index (χ1) is 11.0. The third kappa shape index (κ3) is 1.89. The lowest BCUT2D eigenvalue weighted by Crippen LogP contribution is -2.15. The third-order valence-corrected chi connectivity index (χ3v) is 4.44. The second-order valence-corrected chi connectivity index (χ2v) is 6.06. The smallest absolute Gasteiger partial charge is 0.338 e. The van der Waals surface area contributed by atoms with Gasteiger partial charge < -0.3 is 15.4 Å². The van der Waals surface area contributed by atoms with Gasteiger partial charge in [0.05, 0.1) is 16.6 Å². The lowest BCUT2D eigenvalue weighted by Gasteiger charge is -2.17. The minimum atomic E-state index is -1.04. The van der Waals surface area contributed by atoms with E-state index in [4.69, 9.17) is 5.73 Å². The van der Waals surface area contributed by atoms with Gasteiger partial charge in [-0.15, -0.1) is 0 Å². The van der Waals surface area contributed by atoms with Crippen molar-refractivity contribution in [2.45, 2.75) is 25.3 Å². The van der Waals surface area contributed by atoms with Crippen LogP contribution in [0.1, 0.15) is 30.1 Å². The van der Waals surface area contributed by atoms with E-state index >= 15 is 0 Å². The molecule has 0 saturated heterocycles. The lowest BCUT2D eigenvalue weighted by molar-refractivity contribution is 0.0699. The molecule has 0 bridgehead atoms. The number of carboxylic acids is 1. The van der Waals surface area contributed by atoms with Crippen molar-refractivity contribution in [3.63, 3.8) is 0 Å². The summed E-state index contributed by atoms with van der Waals surface area (Å²) < 4.78 is 1.99. The molecule has 0 spiro atoms. The van der Waals surface area contributed by atoms with E-state index in [0.717, 1.165) is 18.4 Å². The van der Waals surface area contributed by atoms with Crippen molar-refractivity contribution in [1.29, 1.82) is 0 Å². The number of hydrogen-bond acceptors (Lipinski definition) is 5. The highest BCUT2D eigenvalue weighted by atomic mass is 16.4. The Morgan fingerprint density at radius 1 is 1.39 bits per heavy atom. The van der Waals surface area contributed by atoms with Gasteiger partial charge in [0.2, 0.25) is 0 Å². The molecule has 1 saturated carbocycles. The van der Waals surface area contributed by atoms with Crippen LogP contribution in [-0.2, 0) is 5.54 Å². The number of nitrogens with two attached hydrogens (primary N) is 1. The van der Waals surface area contributed by atoms with Crippen molar-refractivity contribution in [3.8, 4) is 11.3 Å². The fourth-order valence-corrected chi connectivity index (χ4v) is 3.05. The number of rotatable bonds is 3. The zero-order valence-electron chi connectivity index (χ0n) is 12.5. The molecular formula is C16H15N5O2. The molecule has 1 aliphatic rings. The maximum absolute atomic E-state index is 12.0. The highest BCUT2D eigenvalue weighted by Gasteiger charge is 2.44. The Morgan fingerprint density at radius 2 is 2.17 bits per heavy atom. The second kappa shape index (κ2) is 4.52. The summed E-state index contributed by atoms with van der Waals surface area (Å²) in [5.41, 5.74) is 7.84. The van der Waals surface area contributed by atoms with Gasteiger partial charge >= 0.3 is 5.97 Å². The fourth-order valence-electron chi connectivity index (χ4n) is 3.05. The van der Waals surface area contributed by atoms with Gasteiger partial charge in [-0.2, -0.15) is 0 Å². The zero-order chi connectivity index (χ0) is 16.2. The minimum absolute atomic E-state index is 0.138. The van der Waals surface area contributed by atoms with Gasteiger partial charge in [0.15, 0.2) is 0 Å². The van der Waals surface area contributed by atoms with Crippen LogP contribution in [0.3, 0.4) is 0 Å². The molecule has 0 unspecified atom stereocenters. The summed E-state index contributed by atoms with van der Waals surface area (Å²) in [7, 11) is 0. The molecule has 0 radical (unpaired) electrons. The summed E-state index contributed by atoms with van der Waals surface area (Å²) in [6.45, 7) is 2.09. The molecule has 0 amide bonds. The molecule has 3 aromatic rings. The largest absolute Gasteiger partial charge is 0.478 e. The Bertz CT molecular complexity index is 929. The summed E-state index contributed by atoms with van der Waals surface area (Å²) in [5.74, 6) is -0.862. The van der Waals surface area contributed by atoms with Crippen LogP contribution < -0.4 is 5.73 Å². The molecule has 1 aliphatic carbocycles. The van der Waals surface area contributed by atoms with E-state index in [9.17, 15) is 9.90 Å². The average molecular weight is 309 g/mol. The number of carbonyl (C=O) groups is 1. The number of carboxylic acid groups (broad SMARTS) is 1. The van der Waals surface area contributed by atoms with Gasteiger partial charge in [-0.05, 0) is 31.9 Å². The predicted molar refractivity (Wildman–Crippen MR) is 85.0 cm³/mol. The number of anilines is 1. The Hall–Kier alpha value is -2.96. The van der Waals surface area contributed by atoms with Crippen LogP contribution in [0.4, 0.5) is 5.82 Å². The first-order valence-corrected chi connectivity index (χ1v) is 7.32. The van der Waals surface area contributed by atoms with Crippen LogP contribution >= 0.6 is 0 Å². The predicted octanol–water partition coefficient (Wildman–Crippen LogP) is 2.28. The lowest BCUT2D eigenvalue weighted by atomic mass is 10.1. The Morgan fingerprint density at radius 3 is 2.78 bits per heavy atom. The fraction of sp³-hybridized carbons (Fsp3) is 0.250. The summed E-state index contributed by atoms with van der Waals surface area (Å²) in [5, 5.41) is 10.2. The molecule has 0 atom stereocenters. The highest BCUT2D eigenvalue weighted by Crippen LogP contribution is 2.49. The number of fused-ring (bicyclic) bond motifs is 1. The number of aromatic carboxylic acids is 1. The van der Waals surface area contributed by atoms with Gasteiger partial charge in [-0.3, -0.25) is 4.98 Å². The number of nitrogens with zero attached hydrogens (tertiary/aromatic N) is 4. The Balaban J connectivity index is 2.21. The maximum Gasteiger partial charge on any atom is 0.338 e. The monoisotopic (exact) mass is 309 g/mol. The third-order valence-electron chi connectivity index (χ3n) is 4.44. The number of hydrogen-bond donors (Lipinski definition) is 2. The quantitative estimate of drug-likeness (QED) is 0.768. The topological polar surface area (TPSA) is 107 Å². The molecule has 1 fully saturated rings.